The Labute approximate surface area is 91.1 Å². The first-order valence-electron chi connectivity index (χ1n) is 5.08. The second-order valence-electron chi connectivity index (χ2n) is 3.83. The summed E-state index contributed by atoms with van der Waals surface area (Å²) in [5.41, 5.74) is 3.03. The molecule has 2 nitrogen and oxygen atoms in total. The van der Waals surface area contributed by atoms with E-state index in [1.807, 2.05) is 6.08 Å². The van der Waals surface area contributed by atoms with Crippen LogP contribution in [0.1, 0.15) is 20.3 Å². The minimum atomic E-state index is 0.0375. The zero-order valence-corrected chi connectivity index (χ0v) is 9.34. The fraction of sp³-hybridized carbons (Fsp3) is 0.308. The van der Waals surface area contributed by atoms with Gasteiger partial charge in [0.05, 0.1) is 6.42 Å². The number of carbonyl (C=O) groups excluding carboxylic acids is 1. The second kappa shape index (κ2) is 4.78. The van der Waals surface area contributed by atoms with Gasteiger partial charge in [0, 0.05) is 5.70 Å². The molecule has 0 aliphatic carbocycles. The Morgan fingerprint density at radius 3 is 2.60 bits per heavy atom. The maximum Gasteiger partial charge on any atom is 0.228 e. The zero-order valence-electron chi connectivity index (χ0n) is 9.34. The fourth-order valence-electron chi connectivity index (χ4n) is 1.73. The van der Waals surface area contributed by atoms with Crippen molar-refractivity contribution in [3.05, 3.63) is 48.2 Å². The van der Waals surface area contributed by atoms with Crippen LogP contribution in [-0.4, -0.2) is 5.91 Å². The van der Waals surface area contributed by atoms with Crippen molar-refractivity contribution in [2.45, 2.75) is 20.3 Å². The van der Waals surface area contributed by atoms with Gasteiger partial charge in [0.1, 0.15) is 0 Å². The van der Waals surface area contributed by atoms with Gasteiger partial charge in [0.2, 0.25) is 5.91 Å². The summed E-state index contributed by atoms with van der Waals surface area (Å²) in [5, 5.41) is 2.79. The van der Waals surface area contributed by atoms with E-state index in [4.69, 9.17) is 0 Å². The van der Waals surface area contributed by atoms with Crippen LogP contribution in [0.5, 0.6) is 0 Å². The summed E-state index contributed by atoms with van der Waals surface area (Å²) in [7, 11) is 0. The van der Waals surface area contributed by atoms with Crippen molar-refractivity contribution in [3.8, 4) is 0 Å². The number of nitrogens with one attached hydrogen (secondary N) is 1. The van der Waals surface area contributed by atoms with E-state index in [-0.39, 0.29) is 5.91 Å². The number of amides is 1. The van der Waals surface area contributed by atoms with Gasteiger partial charge >= 0.3 is 0 Å². The third-order valence-electron chi connectivity index (χ3n) is 2.41. The Hall–Kier alpha value is -1.57. The first kappa shape index (κ1) is 11.5. The van der Waals surface area contributed by atoms with Crippen molar-refractivity contribution < 1.29 is 4.79 Å². The third kappa shape index (κ3) is 2.46. The molecule has 1 N–H and O–H groups in total. The van der Waals surface area contributed by atoms with Crippen LogP contribution in [0, 0.1) is 5.92 Å². The normalized spacial score (nSPS) is 17.0. The van der Waals surface area contributed by atoms with Crippen molar-refractivity contribution >= 4 is 5.91 Å². The minimum Gasteiger partial charge on any atom is -0.326 e. The molecular weight excluding hydrogens is 186 g/mol. The molecule has 0 aromatic carbocycles. The maximum absolute atomic E-state index is 11.3. The summed E-state index contributed by atoms with van der Waals surface area (Å²) in [6.07, 6.45) is 5.86. The lowest BCUT2D eigenvalue weighted by Gasteiger charge is -2.12. The number of carbonyl (C=O) groups is 1. The van der Waals surface area contributed by atoms with E-state index in [0.29, 0.717) is 12.3 Å². The van der Waals surface area contributed by atoms with Gasteiger partial charge in [0.15, 0.2) is 0 Å². The molecule has 0 aromatic rings. The van der Waals surface area contributed by atoms with Crippen molar-refractivity contribution in [2.75, 3.05) is 0 Å². The molecule has 1 aliphatic rings. The first-order valence-corrected chi connectivity index (χ1v) is 5.08. The molecular formula is C13H17NO. The molecule has 0 radical (unpaired) electrons. The Kier molecular flexibility index (Phi) is 3.67. The number of allylic oxidation sites excluding steroid dienone is 4. The van der Waals surface area contributed by atoms with Gasteiger partial charge in [-0.25, -0.2) is 0 Å². The summed E-state index contributed by atoms with van der Waals surface area (Å²) in [6, 6.07) is 0. The van der Waals surface area contributed by atoms with Gasteiger partial charge in [-0.2, -0.15) is 0 Å². The van der Waals surface area contributed by atoms with Crippen molar-refractivity contribution in [1.29, 1.82) is 0 Å². The average molecular weight is 203 g/mol. The molecule has 80 valence electrons. The van der Waals surface area contributed by atoms with E-state index in [1.54, 1.807) is 12.2 Å². The molecule has 15 heavy (non-hydrogen) atoms. The van der Waals surface area contributed by atoms with Crippen LogP contribution in [-0.2, 0) is 4.79 Å². The van der Waals surface area contributed by atoms with Crippen LogP contribution in [0.3, 0.4) is 0 Å². The topological polar surface area (TPSA) is 29.1 Å². The summed E-state index contributed by atoms with van der Waals surface area (Å²) < 4.78 is 0. The van der Waals surface area contributed by atoms with Crippen LogP contribution in [0.25, 0.3) is 0 Å². The predicted molar refractivity (Wildman–Crippen MR) is 63.1 cm³/mol. The Bertz CT molecular complexity index is 359. The SMILES string of the molecule is C=C/C=C(\C1=C(C=C)NC(=O)C1)C(C)C. The van der Waals surface area contributed by atoms with E-state index in [0.717, 1.165) is 16.8 Å². The lowest BCUT2D eigenvalue weighted by atomic mass is 9.92. The number of hydrogen-bond acceptors (Lipinski definition) is 1. The smallest absolute Gasteiger partial charge is 0.228 e. The van der Waals surface area contributed by atoms with Crippen LogP contribution in [0.15, 0.2) is 48.2 Å². The fourth-order valence-corrected chi connectivity index (χ4v) is 1.73. The standard InChI is InChI=1S/C13H17NO/c1-5-7-10(9(3)4)11-8-13(15)14-12(11)6-2/h5-7,9H,1-2,8H2,3-4H3,(H,14,15)/b10-7-. The average Bonchev–Trinajstić information content (AvgIpc) is 2.55. The van der Waals surface area contributed by atoms with Crippen molar-refractivity contribution in [3.63, 3.8) is 0 Å². The number of hydrogen-bond donors (Lipinski definition) is 1. The largest absolute Gasteiger partial charge is 0.326 e. The zero-order chi connectivity index (χ0) is 11.4. The van der Waals surface area contributed by atoms with E-state index in [9.17, 15) is 4.79 Å². The molecule has 0 saturated carbocycles. The van der Waals surface area contributed by atoms with Crippen molar-refractivity contribution in [1.82, 2.24) is 5.32 Å². The predicted octanol–water partition coefficient (Wildman–Crippen LogP) is 2.71. The van der Waals surface area contributed by atoms with E-state index in [2.05, 4.69) is 32.3 Å². The van der Waals surface area contributed by atoms with Crippen LogP contribution < -0.4 is 5.32 Å². The highest BCUT2D eigenvalue weighted by atomic mass is 16.1. The maximum atomic E-state index is 11.3. The van der Waals surface area contributed by atoms with E-state index < -0.39 is 0 Å². The van der Waals surface area contributed by atoms with Crippen LogP contribution in [0.4, 0.5) is 0 Å². The molecule has 1 heterocycles. The Morgan fingerprint density at radius 2 is 2.13 bits per heavy atom. The quantitative estimate of drug-likeness (QED) is 0.699. The van der Waals surface area contributed by atoms with E-state index >= 15 is 0 Å². The van der Waals surface area contributed by atoms with Gasteiger partial charge in [-0.1, -0.05) is 39.2 Å². The molecule has 2 heteroatoms. The lowest BCUT2D eigenvalue weighted by molar-refractivity contribution is -0.118. The van der Waals surface area contributed by atoms with Gasteiger partial charge in [0.25, 0.3) is 0 Å². The molecule has 1 rings (SSSR count). The second-order valence-corrected chi connectivity index (χ2v) is 3.83. The number of rotatable bonds is 4. The van der Waals surface area contributed by atoms with Gasteiger partial charge in [-0.3, -0.25) is 4.79 Å². The van der Waals surface area contributed by atoms with Crippen molar-refractivity contribution in [2.24, 2.45) is 5.92 Å². The summed E-state index contributed by atoms with van der Waals surface area (Å²) in [4.78, 5) is 11.3. The molecule has 0 spiro atoms. The highest BCUT2D eigenvalue weighted by Gasteiger charge is 2.22. The van der Waals surface area contributed by atoms with E-state index in [1.165, 1.54) is 0 Å². The molecule has 1 aliphatic heterocycles. The molecule has 1 amide bonds. The summed E-state index contributed by atoms with van der Waals surface area (Å²) >= 11 is 0. The molecule has 0 aromatic heterocycles. The Balaban J connectivity index is 3.12. The minimum absolute atomic E-state index is 0.0375. The third-order valence-corrected chi connectivity index (χ3v) is 2.41. The molecule has 0 bridgehead atoms. The van der Waals surface area contributed by atoms with Gasteiger partial charge in [-0.05, 0) is 23.1 Å². The first-order chi connectivity index (χ1) is 7.10. The lowest BCUT2D eigenvalue weighted by Crippen LogP contribution is -2.13. The monoisotopic (exact) mass is 203 g/mol. The van der Waals surface area contributed by atoms with Crippen LogP contribution in [0.2, 0.25) is 0 Å². The van der Waals surface area contributed by atoms with Crippen LogP contribution >= 0.6 is 0 Å². The highest BCUT2D eigenvalue weighted by molar-refractivity contribution is 5.86. The molecule has 0 atom stereocenters. The molecule has 0 fully saturated rings. The molecule has 0 saturated heterocycles. The summed E-state index contributed by atoms with van der Waals surface area (Å²) in [5.74, 6) is 0.413. The van der Waals surface area contributed by atoms with Gasteiger partial charge in [-0.15, -0.1) is 0 Å². The van der Waals surface area contributed by atoms with Gasteiger partial charge < -0.3 is 5.32 Å². The molecule has 0 unspecified atom stereocenters. The summed E-state index contributed by atoms with van der Waals surface area (Å²) in [6.45, 7) is 11.6. The highest BCUT2D eigenvalue weighted by Crippen LogP contribution is 2.28. The Morgan fingerprint density at radius 1 is 1.47 bits per heavy atom.